The quantitative estimate of drug-likeness (QED) is 0.0142. The monoisotopic (exact) mass is 1510 g/mol. The van der Waals surface area contributed by atoms with Gasteiger partial charge >= 0.3 is 11.9 Å². The van der Waals surface area contributed by atoms with Gasteiger partial charge in [0, 0.05) is 49.3 Å². The molecule has 0 spiro atoms. The predicted molar refractivity (Wildman–Crippen MR) is 386 cm³/mol. The van der Waals surface area contributed by atoms with Crippen molar-refractivity contribution in [3.05, 3.63) is 71.9 Å². The molecule has 0 aliphatic carbocycles. The summed E-state index contributed by atoms with van der Waals surface area (Å²) in [5.41, 5.74) is 34.5. The summed E-state index contributed by atoms with van der Waals surface area (Å²) in [4.78, 5) is 223. The Bertz CT molecular complexity index is 3610. The van der Waals surface area contributed by atoms with Gasteiger partial charge in [0.15, 0.2) is 12.0 Å². The van der Waals surface area contributed by atoms with Crippen LogP contribution < -0.4 is 92.9 Å². The van der Waals surface area contributed by atoms with Gasteiger partial charge in [0.25, 0.3) is 0 Å². The van der Waals surface area contributed by atoms with Crippen LogP contribution in [0.3, 0.4) is 0 Å². The number of aromatic nitrogens is 1. The van der Waals surface area contributed by atoms with Crippen molar-refractivity contribution in [3.8, 4) is 0 Å². The maximum absolute atomic E-state index is 14.9. The van der Waals surface area contributed by atoms with Crippen molar-refractivity contribution in [1.82, 2.24) is 63.5 Å². The zero-order chi connectivity index (χ0) is 79.7. The van der Waals surface area contributed by atoms with Gasteiger partial charge in [0.1, 0.15) is 60.4 Å². The Hall–Kier alpha value is -11.0. The lowest BCUT2D eigenvalue weighted by Gasteiger charge is -2.29. The van der Waals surface area contributed by atoms with Gasteiger partial charge in [-0.05, 0) is 93.4 Å². The second kappa shape index (κ2) is 44.6. The van der Waals surface area contributed by atoms with Gasteiger partial charge in [0.05, 0.1) is 25.0 Å². The van der Waals surface area contributed by atoms with Crippen LogP contribution in [0.5, 0.6) is 0 Å². The molecule has 584 valence electrons. The smallest absolute Gasteiger partial charge is 0.328 e. The van der Waals surface area contributed by atoms with E-state index in [0.717, 1.165) is 6.92 Å². The number of carboxylic acids is 2. The number of nitrogens with one attached hydrogen (secondary N) is 12. The molecular weight excluding hydrogens is 1410 g/mol. The molecule has 3 rings (SSSR count). The predicted octanol–water partition coefficient (Wildman–Crippen LogP) is -5.51. The standard InChI is InChI=1S/C67H101N19O19S/c1-32(2)26-44(60(98)78-43(23-25-106-7)59(97)83-47(29-51(71)90)64(102)86-54(35(6)87)66(104)105)80-61(99)46(28-37-31-75-40-18-12-11-16-38(37)40)82-58(96)42(20-22-50(70)89)79-65(103)53(33(3)4)85-63(101)45(27-36-14-9-8-10-15-36)81-62(100)48(30-52(91)92)84-57(95)41(19-21-49(69)88)77-55(93)34(5)76-56(94)39(68)17-13-24-74-67(72)73/h8-12,14-16,18,31-35,39,41-48,53-54,75,87H,13,17,19-30,68H2,1-7H3,(H2,69,88)(H2,70,89)(H2,71,90)(H,76,94)(H,77,93)(H,78,98)(H,79,103)(H,80,99)(H,81,100)(H,82,96)(H,83,97)(H,84,95)(H,85,101)(H,86,102)(H,91,92)(H,104,105)(H4,72,73,74)/t34-,35+,39-,41-,42-,43-,44-,45-,46-,47-,48-,53-,54-/m0/s1. The number of nitrogens with two attached hydrogens (primary N) is 6. The molecule has 0 saturated carbocycles. The van der Waals surface area contributed by atoms with Gasteiger partial charge in [-0.3, -0.25) is 76.9 Å². The number of H-pyrrole nitrogens is 1. The fourth-order valence-electron chi connectivity index (χ4n) is 10.6. The Labute approximate surface area is 615 Å². The van der Waals surface area contributed by atoms with Crippen LogP contribution in [0, 0.1) is 11.8 Å². The molecule has 0 unspecified atom stereocenters. The number of primary amides is 3. The molecule has 3 aromatic rings. The van der Waals surface area contributed by atoms with Crippen molar-refractivity contribution in [2.75, 3.05) is 18.6 Å². The molecule has 2 aromatic carbocycles. The van der Waals surface area contributed by atoms with Crippen molar-refractivity contribution >= 4 is 123 Å². The molecule has 106 heavy (non-hydrogen) atoms. The van der Waals surface area contributed by atoms with Gasteiger partial charge in [-0.15, -0.1) is 0 Å². The van der Waals surface area contributed by atoms with Crippen LogP contribution in [0.15, 0.2) is 65.8 Å². The van der Waals surface area contributed by atoms with E-state index in [0.29, 0.717) is 28.5 Å². The van der Waals surface area contributed by atoms with Crippen molar-refractivity contribution in [3.63, 3.8) is 0 Å². The maximum Gasteiger partial charge on any atom is 0.328 e. The van der Waals surface area contributed by atoms with Crippen molar-refractivity contribution in [2.45, 2.75) is 197 Å². The van der Waals surface area contributed by atoms with E-state index >= 15 is 0 Å². The topological polar surface area (TPSA) is 650 Å². The molecule has 14 amide bonds. The summed E-state index contributed by atoms with van der Waals surface area (Å²) >= 11 is 1.27. The Morgan fingerprint density at radius 2 is 0.934 bits per heavy atom. The van der Waals surface area contributed by atoms with E-state index in [1.807, 2.05) is 0 Å². The third kappa shape index (κ3) is 31.6. The number of hydrogen-bond acceptors (Lipinski definition) is 20. The van der Waals surface area contributed by atoms with E-state index in [4.69, 9.17) is 34.4 Å². The van der Waals surface area contributed by atoms with Gasteiger partial charge < -0.3 is 113 Å². The molecular formula is C67H101N19O19S. The van der Waals surface area contributed by atoms with Crippen LogP contribution >= 0.6 is 11.8 Å². The molecule has 0 aliphatic rings. The molecule has 0 aliphatic heterocycles. The number of fused-ring (bicyclic) bond motifs is 1. The molecule has 13 atom stereocenters. The van der Waals surface area contributed by atoms with Crippen LogP contribution in [-0.2, 0) is 89.6 Å². The molecule has 27 N–H and O–H groups in total. The molecule has 0 fully saturated rings. The average molecular weight is 1510 g/mol. The molecule has 39 heteroatoms. The number of benzene rings is 2. The highest BCUT2D eigenvalue weighted by atomic mass is 32.2. The fraction of sp³-hybridized carbons (Fsp3) is 0.537. The first-order valence-electron chi connectivity index (χ1n) is 34.0. The average Bonchev–Trinajstić information content (AvgIpc) is 1.62. The second-order valence-electron chi connectivity index (χ2n) is 26.0. The van der Waals surface area contributed by atoms with Crippen LogP contribution in [0.2, 0.25) is 0 Å². The minimum atomic E-state index is -2.01. The number of rotatable bonds is 48. The summed E-state index contributed by atoms with van der Waals surface area (Å²) < 4.78 is 0. The first-order valence-corrected chi connectivity index (χ1v) is 35.4. The molecule has 0 radical (unpaired) electrons. The van der Waals surface area contributed by atoms with Crippen molar-refractivity contribution in [1.29, 1.82) is 0 Å². The van der Waals surface area contributed by atoms with Crippen LogP contribution in [0.25, 0.3) is 10.9 Å². The highest BCUT2D eigenvalue weighted by Crippen LogP contribution is 2.21. The number of aromatic amines is 1. The highest BCUT2D eigenvalue weighted by molar-refractivity contribution is 7.98. The number of thioether (sulfide) groups is 1. The first kappa shape index (κ1) is 89.3. The summed E-state index contributed by atoms with van der Waals surface area (Å²) in [7, 11) is 0. The Morgan fingerprint density at radius 1 is 0.481 bits per heavy atom. The third-order valence-corrected chi connectivity index (χ3v) is 16.9. The van der Waals surface area contributed by atoms with Crippen LogP contribution in [0.4, 0.5) is 0 Å². The number of carbonyl (C=O) groups is 16. The molecule has 0 saturated heterocycles. The highest BCUT2D eigenvalue weighted by Gasteiger charge is 2.39. The van der Waals surface area contributed by atoms with E-state index in [1.54, 1.807) is 80.9 Å². The zero-order valence-electron chi connectivity index (χ0n) is 60.0. The summed E-state index contributed by atoms with van der Waals surface area (Å²) in [6.07, 6.45) is -2.76. The van der Waals surface area contributed by atoms with E-state index in [1.165, 1.54) is 32.5 Å². The van der Waals surface area contributed by atoms with Gasteiger partial charge in [-0.2, -0.15) is 11.8 Å². The number of guanidine groups is 1. The summed E-state index contributed by atoms with van der Waals surface area (Å²) in [6, 6.07) is -4.46. The normalized spacial score (nSPS) is 14.8. The van der Waals surface area contributed by atoms with Crippen LogP contribution in [0.1, 0.15) is 117 Å². The number of para-hydroxylation sites is 1. The lowest BCUT2D eigenvalue weighted by atomic mass is 9.99. The van der Waals surface area contributed by atoms with E-state index in [-0.39, 0.29) is 56.3 Å². The minimum Gasteiger partial charge on any atom is -0.481 e. The zero-order valence-corrected chi connectivity index (χ0v) is 60.8. The first-order chi connectivity index (χ1) is 49.8. The number of hydrogen-bond donors (Lipinski definition) is 21. The minimum absolute atomic E-state index is 0.0893. The summed E-state index contributed by atoms with van der Waals surface area (Å²) in [5.74, 6) is -18.9. The Balaban J connectivity index is 2.02. The molecule has 0 bridgehead atoms. The van der Waals surface area contributed by atoms with Crippen LogP contribution in [-0.4, -0.2) is 218 Å². The number of nitrogens with zero attached hydrogens (tertiary/aromatic N) is 1. The summed E-state index contributed by atoms with van der Waals surface area (Å²) in [5, 5.41) is 57.0. The number of aliphatic hydroxyl groups is 1. The largest absolute Gasteiger partial charge is 0.481 e. The number of aliphatic hydroxyl groups excluding tert-OH is 1. The van der Waals surface area contributed by atoms with Crippen molar-refractivity contribution < 1.29 is 92.0 Å². The molecule has 1 aromatic heterocycles. The fourth-order valence-corrected chi connectivity index (χ4v) is 11.0. The maximum atomic E-state index is 14.9. The van der Waals surface area contributed by atoms with Gasteiger partial charge in [-0.1, -0.05) is 76.2 Å². The Morgan fingerprint density at radius 3 is 1.45 bits per heavy atom. The van der Waals surface area contributed by atoms with Gasteiger partial charge in [0.2, 0.25) is 82.7 Å². The third-order valence-electron chi connectivity index (χ3n) is 16.3. The van der Waals surface area contributed by atoms with E-state index in [2.05, 4.69) is 68.5 Å². The lowest BCUT2D eigenvalue weighted by Crippen LogP contribution is -2.62. The SMILES string of the molecule is CSCC[C@H](NC(=O)[C@H](CC(C)C)NC(=O)[C@H](Cc1c[nH]c2ccccc12)NC(=O)[C@H](CCC(N)=O)NC(=O)[C@@H](NC(=O)[C@H](Cc1ccccc1)NC(=O)[C@H](CC(=O)O)NC(=O)[C@H](CCC(N)=O)NC(=O)[C@H](C)NC(=O)[C@@H](N)CCCN=C(N)N)C(C)C)C(=O)N[C@@H](CC(N)=O)C(=O)N[C@H](C(=O)O)[C@@H](C)O. The molecule has 38 nitrogen and oxygen atoms in total. The number of aliphatic imine (C=N–C) groups is 1. The Kier molecular flexibility index (Phi) is 37.6. The van der Waals surface area contributed by atoms with E-state index in [9.17, 15) is 92.0 Å². The number of carbonyl (C=O) groups excluding carboxylic acids is 14. The number of amides is 14. The van der Waals surface area contributed by atoms with Gasteiger partial charge in [-0.25, -0.2) is 4.79 Å². The molecule has 1 heterocycles. The lowest BCUT2D eigenvalue weighted by molar-refractivity contribution is -0.145. The second-order valence-corrected chi connectivity index (χ2v) is 27.0. The van der Waals surface area contributed by atoms with E-state index < -0.39 is 218 Å². The number of aliphatic carboxylic acids is 2. The van der Waals surface area contributed by atoms with Crippen molar-refractivity contribution in [2.24, 2.45) is 51.2 Å². The number of carboxylic acid groups (broad SMARTS) is 2. The summed E-state index contributed by atoms with van der Waals surface area (Å²) in [6.45, 7) is 8.93.